The van der Waals surface area contributed by atoms with E-state index in [1.165, 1.54) is 46.6 Å². The number of methoxy groups -OCH3 is 1. The van der Waals surface area contributed by atoms with Gasteiger partial charge in [0.05, 0.1) is 18.5 Å². The van der Waals surface area contributed by atoms with Crippen LogP contribution in [0.2, 0.25) is 0 Å². The summed E-state index contributed by atoms with van der Waals surface area (Å²) in [5.41, 5.74) is 5.46. The predicted molar refractivity (Wildman–Crippen MR) is 174 cm³/mol. The zero-order valence-corrected chi connectivity index (χ0v) is 27.4. The summed E-state index contributed by atoms with van der Waals surface area (Å²) in [6.45, 7) is 8.20. The summed E-state index contributed by atoms with van der Waals surface area (Å²) in [5.74, 6) is 1.17. The van der Waals surface area contributed by atoms with E-state index >= 15 is 0 Å². The molecule has 2 heterocycles. The minimum absolute atomic E-state index is 0.117. The number of nitrogens with one attached hydrogen (secondary N) is 1. The van der Waals surface area contributed by atoms with E-state index in [9.17, 15) is 18.0 Å². The van der Waals surface area contributed by atoms with Gasteiger partial charge in [-0.1, -0.05) is 44.2 Å². The maximum atomic E-state index is 13.0. The van der Waals surface area contributed by atoms with Gasteiger partial charge in [-0.15, -0.1) is 29.6 Å². The third kappa shape index (κ3) is 8.47. The lowest BCUT2D eigenvalue weighted by Gasteiger charge is -2.16. The van der Waals surface area contributed by atoms with Gasteiger partial charge in [0.1, 0.15) is 17.8 Å². The summed E-state index contributed by atoms with van der Waals surface area (Å²) in [5, 5.41) is 9.43. The number of benzene rings is 3. The molecule has 0 radical (unpaired) electrons. The minimum atomic E-state index is -4.75. The van der Waals surface area contributed by atoms with E-state index in [4.69, 9.17) is 4.74 Å². The smallest absolute Gasteiger partial charge is 0.497 e. The maximum Gasteiger partial charge on any atom is 0.573 e. The van der Waals surface area contributed by atoms with Gasteiger partial charge < -0.3 is 14.8 Å². The number of rotatable bonds is 10. The van der Waals surface area contributed by atoms with E-state index in [0.29, 0.717) is 22.7 Å². The summed E-state index contributed by atoms with van der Waals surface area (Å²) in [6, 6.07) is 18.6. The fourth-order valence-electron chi connectivity index (χ4n) is 5.02. The lowest BCUT2D eigenvalue weighted by molar-refractivity contribution is -0.274. The first kappa shape index (κ1) is 33.5. The number of ether oxygens (including phenoxy) is 2. The number of alkyl halides is 3. The Hall–Kier alpha value is -4.91. The zero-order chi connectivity index (χ0) is 33.7. The number of thiazole rings is 1. The molecule has 0 spiro atoms. The molecule has 9 nitrogen and oxygen atoms in total. The number of nitrogens with zero attached hydrogens (tertiary/aromatic N) is 5. The van der Waals surface area contributed by atoms with E-state index in [-0.39, 0.29) is 17.7 Å². The highest BCUT2D eigenvalue weighted by Gasteiger charge is 2.31. The van der Waals surface area contributed by atoms with Crippen molar-refractivity contribution in [3.8, 4) is 34.3 Å². The molecule has 0 aliphatic heterocycles. The van der Waals surface area contributed by atoms with Gasteiger partial charge >= 0.3 is 12.4 Å². The Morgan fingerprint density at radius 3 is 2.38 bits per heavy atom. The summed E-state index contributed by atoms with van der Waals surface area (Å²) >= 11 is 1.41. The lowest BCUT2D eigenvalue weighted by atomic mass is 10.0. The second kappa shape index (κ2) is 14.2. The molecule has 0 aliphatic rings. The Balaban J connectivity index is 1.19. The first-order valence-corrected chi connectivity index (χ1v) is 15.9. The molecule has 5 aromatic rings. The molecule has 47 heavy (non-hydrogen) atoms. The van der Waals surface area contributed by atoms with Gasteiger partial charge in [0.2, 0.25) is 0 Å². The molecule has 0 saturated carbocycles. The van der Waals surface area contributed by atoms with E-state index in [1.54, 1.807) is 7.11 Å². The Kier molecular flexibility index (Phi) is 10.1. The van der Waals surface area contributed by atoms with E-state index < -0.39 is 12.4 Å². The summed E-state index contributed by atoms with van der Waals surface area (Å²) < 4.78 is 50.2. The minimum Gasteiger partial charge on any atom is -0.497 e. The van der Waals surface area contributed by atoms with E-state index in [2.05, 4.69) is 39.0 Å². The standard InChI is InChI=1S/C34H35F3N6O3S/c1-21(2)29-17-16-28(45-5)18-30(29)43-23(4)19-47-33(43)40-32(44)39-22(3)6-7-24-8-10-25(11-9-24)31-38-20-42(41-31)26-12-14-27(15-13-26)46-34(35,36)37/h8-22H,6-7H2,1-5H3,(H,39,44)/b40-33-. The molecule has 1 N–H and O–H groups in total. The summed E-state index contributed by atoms with van der Waals surface area (Å²) in [7, 11) is 1.63. The quantitative estimate of drug-likeness (QED) is 0.165. The normalized spacial score (nSPS) is 12.7. The average Bonchev–Trinajstić information content (AvgIpc) is 3.66. The topological polar surface area (TPSA) is 95.6 Å². The van der Waals surface area contributed by atoms with Crippen LogP contribution in [-0.4, -0.2) is 44.9 Å². The molecule has 1 atom stereocenters. The molecule has 13 heteroatoms. The summed E-state index contributed by atoms with van der Waals surface area (Å²) in [6.07, 6.45) is -1.81. The van der Waals surface area contributed by atoms with Crippen molar-refractivity contribution < 1.29 is 27.4 Å². The van der Waals surface area contributed by atoms with Crippen LogP contribution in [0.1, 0.15) is 49.9 Å². The number of amides is 2. The number of aryl methyl sites for hydroxylation is 2. The SMILES string of the molecule is COc1ccc(C(C)C)c(-n2c(C)cs/c2=N\C(=O)NC(C)CCc2ccc(-c3ncn(-c4ccc(OC(F)(F)F)cc4)n3)cc2)c1. The molecule has 0 aliphatic carbocycles. The molecular formula is C34H35F3N6O3S. The third-order valence-corrected chi connectivity index (χ3v) is 8.39. The Labute approximate surface area is 274 Å². The fraction of sp³-hybridized carbons (Fsp3) is 0.294. The number of hydrogen-bond acceptors (Lipinski definition) is 6. The molecule has 2 aromatic heterocycles. The molecule has 0 fully saturated rings. The van der Waals surface area contributed by atoms with Crippen molar-refractivity contribution in [1.29, 1.82) is 0 Å². The van der Waals surface area contributed by atoms with Crippen LogP contribution in [0.3, 0.4) is 0 Å². The number of urea groups is 1. The highest BCUT2D eigenvalue weighted by Crippen LogP contribution is 2.28. The molecule has 5 rings (SSSR count). The molecule has 3 aromatic carbocycles. The van der Waals surface area contributed by atoms with Gasteiger partial charge in [0.15, 0.2) is 10.6 Å². The van der Waals surface area contributed by atoms with E-state index in [1.807, 2.05) is 66.3 Å². The van der Waals surface area contributed by atoms with Gasteiger partial charge in [0.25, 0.3) is 0 Å². The second-order valence-corrected chi connectivity index (χ2v) is 12.2. The van der Waals surface area contributed by atoms with Crippen LogP contribution < -0.4 is 19.6 Å². The van der Waals surface area contributed by atoms with Crippen LogP contribution in [0.5, 0.6) is 11.5 Å². The van der Waals surface area contributed by atoms with Crippen LogP contribution in [0, 0.1) is 6.92 Å². The first-order chi connectivity index (χ1) is 22.4. The molecular weight excluding hydrogens is 629 g/mol. The number of halogens is 3. The second-order valence-electron chi connectivity index (χ2n) is 11.3. The van der Waals surface area contributed by atoms with Gasteiger partial charge in [-0.2, -0.15) is 4.99 Å². The number of carbonyl (C=O) groups excluding carboxylic acids is 1. The Bertz CT molecular complexity index is 1890. The van der Waals surface area contributed by atoms with E-state index in [0.717, 1.165) is 40.2 Å². The largest absolute Gasteiger partial charge is 0.573 e. The number of carbonyl (C=O) groups is 1. The number of aromatic nitrogens is 4. The van der Waals surface area contributed by atoms with Crippen molar-refractivity contribution in [1.82, 2.24) is 24.6 Å². The highest BCUT2D eigenvalue weighted by molar-refractivity contribution is 7.07. The van der Waals surface area contributed by atoms with Gasteiger partial charge in [-0.05, 0) is 74.1 Å². The predicted octanol–water partition coefficient (Wildman–Crippen LogP) is 7.76. The molecule has 1 unspecified atom stereocenters. The van der Waals surface area contributed by atoms with Crippen LogP contribution in [0.25, 0.3) is 22.8 Å². The molecule has 2 amide bonds. The van der Waals surface area contributed by atoms with Crippen molar-refractivity contribution in [2.45, 2.75) is 58.9 Å². The van der Waals surface area contributed by atoms with Crippen molar-refractivity contribution in [2.24, 2.45) is 4.99 Å². The van der Waals surface area contributed by atoms with Crippen LogP contribution in [0.4, 0.5) is 18.0 Å². The zero-order valence-electron chi connectivity index (χ0n) is 26.6. The molecule has 0 saturated heterocycles. The van der Waals surface area contributed by atoms with Crippen LogP contribution >= 0.6 is 11.3 Å². The maximum absolute atomic E-state index is 13.0. The Morgan fingerprint density at radius 2 is 1.72 bits per heavy atom. The van der Waals surface area contributed by atoms with Gasteiger partial charge in [-0.3, -0.25) is 4.57 Å². The van der Waals surface area contributed by atoms with Gasteiger partial charge in [0, 0.05) is 28.7 Å². The van der Waals surface area contributed by atoms with Crippen LogP contribution in [-0.2, 0) is 6.42 Å². The average molecular weight is 665 g/mol. The lowest BCUT2D eigenvalue weighted by Crippen LogP contribution is -2.32. The van der Waals surface area contributed by atoms with Crippen molar-refractivity contribution in [3.63, 3.8) is 0 Å². The van der Waals surface area contributed by atoms with Crippen LogP contribution in [0.15, 0.2) is 83.4 Å². The van der Waals surface area contributed by atoms with Crippen molar-refractivity contribution >= 4 is 17.4 Å². The van der Waals surface area contributed by atoms with Gasteiger partial charge in [-0.25, -0.2) is 14.5 Å². The monoisotopic (exact) mass is 664 g/mol. The number of hydrogen-bond donors (Lipinski definition) is 1. The highest BCUT2D eigenvalue weighted by atomic mass is 32.1. The molecule has 0 bridgehead atoms. The summed E-state index contributed by atoms with van der Waals surface area (Å²) in [4.78, 5) is 22.3. The van der Waals surface area contributed by atoms with Crippen molar-refractivity contribution in [2.75, 3.05) is 7.11 Å². The molecule has 246 valence electrons. The fourth-order valence-corrected chi connectivity index (χ4v) is 5.89. The Morgan fingerprint density at radius 1 is 1.02 bits per heavy atom. The first-order valence-electron chi connectivity index (χ1n) is 15.0. The third-order valence-electron chi connectivity index (χ3n) is 7.45. The van der Waals surface area contributed by atoms with Crippen molar-refractivity contribution in [3.05, 3.63) is 100 Å².